The molecular formula is C22H30N2O3S. The lowest BCUT2D eigenvalue weighted by atomic mass is 9.96. The van der Waals surface area contributed by atoms with E-state index in [9.17, 15) is 13.2 Å². The maximum atomic E-state index is 13.1. The topological polar surface area (TPSA) is 57.7 Å². The number of fused-ring (bicyclic) bond motifs is 1. The van der Waals surface area contributed by atoms with Gasteiger partial charge in [0.15, 0.2) is 9.84 Å². The fourth-order valence-corrected chi connectivity index (χ4v) is 6.81. The fraction of sp³-hybridized carbons (Fsp3) is 0.591. The Morgan fingerprint density at radius 1 is 1.07 bits per heavy atom. The van der Waals surface area contributed by atoms with Gasteiger partial charge in [0.05, 0.1) is 24.1 Å². The van der Waals surface area contributed by atoms with E-state index in [-0.39, 0.29) is 29.5 Å². The summed E-state index contributed by atoms with van der Waals surface area (Å²) >= 11 is 0. The lowest BCUT2D eigenvalue weighted by Gasteiger charge is -2.43. The highest BCUT2D eigenvalue weighted by atomic mass is 32.2. The predicted octanol–water partition coefficient (Wildman–Crippen LogP) is 3.01. The first-order valence-electron chi connectivity index (χ1n) is 10.4. The van der Waals surface area contributed by atoms with Crippen LogP contribution in [0.5, 0.6) is 0 Å². The molecule has 2 aliphatic heterocycles. The van der Waals surface area contributed by atoms with Crippen molar-refractivity contribution < 1.29 is 13.2 Å². The molecule has 0 radical (unpaired) electrons. The number of amides is 1. The molecular weight excluding hydrogens is 372 g/mol. The van der Waals surface area contributed by atoms with Gasteiger partial charge in [-0.1, -0.05) is 17.7 Å². The molecule has 6 heteroatoms. The monoisotopic (exact) mass is 402 g/mol. The second kappa shape index (κ2) is 7.64. The van der Waals surface area contributed by atoms with E-state index in [0.717, 1.165) is 37.1 Å². The zero-order valence-electron chi connectivity index (χ0n) is 16.9. The summed E-state index contributed by atoms with van der Waals surface area (Å²) in [5, 5.41) is 0. The molecule has 4 rings (SSSR count). The molecule has 0 bridgehead atoms. The summed E-state index contributed by atoms with van der Waals surface area (Å²) in [7, 11) is -3.14. The molecule has 1 aromatic carbocycles. The maximum absolute atomic E-state index is 13.1. The van der Waals surface area contributed by atoms with Gasteiger partial charge in [-0.15, -0.1) is 0 Å². The third-order valence-electron chi connectivity index (χ3n) is 6.58. The third kappa shape index (κ3) is 3.90. The van der Waals surface area contributed by atoms with Crippen LogP contribution < -0.4 is 4.90 Å². The second-order valence-corrected chi connectivity index (χ2v) is 10.7. The van der Waals surface area contributed by atoms with Crippen molar-refractivity contribution in [1.29, 1.82) is 0 Å². The molecule has 0 aromatic heterocycles. The molecule has 0 saturated carbocycles. The first-order chi connectivity index (χ1) is 13.3. The van der Waals surface area contributed by atoms with Crippen molar-refractivity contribution in [1.82, 2.24) is 4.90 Å². The molecule has 2 saturated heterocycles. The summed E-state index contributed by atoms with van der Waals surface area (Å²) in [4.78, 5) is 17.0. The number of hydrogen-bond acceptors (Lipinski definition) is 4. The SMILES string of the molecule is Cc1ccc(N2C(=O)CN(CCC3=CCCCC3)C3CS(=O)(=O)CC32)cc1C. The van der Waals surface area contributed by atoms with Gasteiger partial charge in [-0.25, -0.2) is 8.42 Å². The first kappa shape index (κ1) is 19.6. The van der Waals surface area contributed by atoms with Crippen molar-refractivity contribution in [3.63, 3.8) is 0 Å². The Hall–Kier alpha value is -1.66. The summed E-state index contributed by atoms with van der Waals surface area (Å²) in [5.41, 5.74) is 4.59. The van der Waals surface area contributed by atoms with Gasteiger partial charge in [0.25, 0.3) is 0 Å². The summed E-state index contributed by atoms with van der Waals surface area (Å²) < 4.78 is 25.0. The van der Waals surface area contributed by atoms with Gasteiger partial charge in [0.2, 0.25) is 5.91 Å². The minimum absolute atomic E-state index is 0.0132. The zero-order chi connectivity index (χ0) is 19.9. The minimum atomic E-state index is -3.14. The molecule has 2 atom stereocenters. The molecule has 1 amide bonds. The quantitative estimate of drug-likeness (QED) is 0.727. The minimum Gasteiger partial charge on any atom is -0.306 e. The van der Waals surface area contributed by atoms with Crippen LogP contribution in [0, 0.1) is 13.8 Å². The Morgan fingerprint density at radius 3 is 2.57 bits per heavy atom. The number of hydrogen-bond donors (Lipinski definition) is 0. The van der Waals surface area contributed by atoms with E-state index in [1.807, 2.05) is 32.0 Å². The van der Waals surface area contributed by atoms with Crippen molar-refractivity contribution in [3.05, 3.63) is 41.0 Å². The number of sulfone groups is 1. The molecule has 2 heterocycles. The zero-order valence-corrected chi connectivity index (χ0v) is 17.7. The summed E-state index contributed by atoms with van der Waals surface area (Å²) in [6, 6.07) is 5.59. The number of anilines is 1. The predicted molar refractivity (Wildman–Crippen MR) is 112 cm³/mol. The van der Waals surface area contributed by atoms with Crippen LogP contribution in [-0.4, -0.2) is 55.9 Å². The number of carbonyl (C=O) groups excluding carboxylic acids is 1. The number of piperazine rings is 1. The second-order valence-electron chi connectivity index (χ2n) is 8.57. The maximum Gasteiger partial charge on any atom is 0.241 e. The van der Waals surface area contributed by atoms with Gasteiger partial charge in [-0.2, -0.15) is 0 Å². The molecule has 2 unspecified atom stereocenters. The van der Waals surface area contributed by atoms with E-state index in [4.69, 9.17) is 0 Å². The summed E-state index contributed by atoms with van der Waals surface area (Å²) in [6.07, 6.45) is 8.07. The average molecular weight is 403 g/mol. The molecule has 152 valence electrons. The number of aryl methyl sites for hydroxylation is 2. The van der Waals surface area contributed by atoms with Crippen molar-refractivity contribution in [2.24, 2.45) is 0 Å². The van der Waals surface area contributed by atoms with Gasteiger partial charge in [-0.05, 0) is 69.2 Å². The van der Waals surface area contributed by atoms with Crippen LogP contribution in [0.1, 0.15) is 43.2 Å². The van der Waals surface area contributed by atoms with Crippen LogP contribution >= 0.6 is 0 Å². The Labute approximate surface area is 168 Å². The van der Waals surface area contributed by atoms with Gasteiger partial charge in [0, 0.05) is 18.3 Å². The van der Waals surface area contributed by atoms with Crippen molar-refractivity contribution in [3.8, 4) is 0 Å². The lowest BCUT2D eigenvalue weighted by Crippen LogP contribution is -2.62. The highest BCUT2D eigenvalue weighted by Gasteiger charge is 2.49. The van der Waals surface area contributed by atoms with E-state index in [2.05, 4.69) is 11.0 Å². The van der Waals surface area contributed by atoms with E-state index >= 15 is 0 Å². The van der Waals surface area contributed by atoms with Gasteiger partial charge >= 0.3 is 0 Å². The van der Waals surface area contributed by atoms with Crippen LogP contribution in [0.15, 0.2) is 29.8 Å². The van der Waals surface area contributed by atoms with Crippen LogP contribution in [0.25, 0.3) is 0 Å². The van der Waals surface area contributed by atoms with Gasteiger partial charge in [-0.3, -0.25) is 9.69 Å². The fourth-order valence-electron chi connectivity index (χ4n) is 4.83. The summed E-state index contributed by atoms with van der Waals surface area (Å²) in [5.74, 6) is 0.236. The molecule has 0 N–H and O–H groups in total. The Bertz CT molecular complexity index is 906. The van der Waals surface area contributed by atoms with Crippen molar-refractivity contribution >= 4 is 21.4 Å². The molecule has 28 heavy (non-hydrogen) atoms. The van der Waals surface area contributed by atoms with E-state index in [1.54, 1.807) is 4.90 Å². The highest BCUT2D eigenvalue weighted by molar-refractivity contribution is 7.91. The molecule has 1 aromatic rings. The molecule has 5 nitrogen and oxygen atoms in total. The van der Waals surface area contributed by atoms with Crippen LogP contribution in [0.3, 0.4) is 0 Å². The number of rotatable bonds is 4. The Kier molecular flexibility index (Phi) is 5.36. The molecule has 1 aliphatic carbocycles. The van der Waals surface area contributed by atoms with E-state index < -0.39 is 9.84 Å². The normalized spacial score (nSPS) is 27.6. The van der Waals surface area contributed by atoms with Crippen molar-refractivity contribution in [2.75, 3.05) is 29.5 Å². The highest BCUT2D eigenvalue weighted by Crippen LogP contribution is 2.33. The average Bonchev–Trinajstić information content (AvgIpc) is 2.98. The van der Waals surface area contributed by atoms with Crippen LogP contribution in [0.2, 0.25) is 0 Å². The summed E-state index contributed by atoms with van der Waals surface area (Å²) in [6.45, 7) is 5.15. The van der Waals surface area contributed by atoms with Gasteiger partial charge < -0.3 is 4.90 Å². The number of allylic oxidation sites excluding steroid dienone is 1. The van der Waals surface area contributed by atoms with Crippen LogP contribution in [-0.2, 0) is 14.6 Å². The number of nitrogens with zero attached hydrogens (tertiary/aromatic N) is 2. The number of carbonyl (C=O) groups is 1. The smallest absolute Gasteiger partial charge is 0.241 e. The third-order valence-corrected chi connectivity index (χ3v) is 8.27. The van der Waals surface area contributed by atoms with Crippen LogP contribution in [0.4, 0.5) is 5.69 Å². The Morgan fingerprint density at radius 2 is 1.86 bits per heavy atom. The standard InChI is InChI=1S/C22H30N2O3S/c1-16-8-9-19(12-17(16)2)24-21-15-28(26,27)14-20(21)23(13-22(24)25)11-10-18-6-4-3-5-7-18/h6,8-9,12,20-21H,3-5,7,10-11,13-15H2,1-2H3. The van der Waals surface area contributed by atoms with E-state index in [0.29, 0.717) is 6.54 Å². The van der Waals surface area contributed by atoms with Gasteiger partial charge in [0.1, 0.15) is 0 Å². The van der Waals surface area contributed by atoms with Crippen molar-refractivity contribution in [2.45, 2.75) is 58.0 Å². The lowest BCUT2D eigenvalue weighted by molar-refractivity contribution is -0.123. The Balaban J connectivity index is 1.58. The molecule has 3 aliphatic rings. The molecule has 2 fully saturated rings. The van der Waals surface area contributed by atoms with E-state index in [1.165, 1.54) is 24.0 Å². The number of benzene rings is 1. The largest absolute Gasteiger partial charge is 0.306 e. The first-order valence-corrected chi connectivity index (χ1v) is 12.2. The molecule has 0 spiro atoms.